The molecule has 0 aromatic rings. The summed E-state index contributed by atoms with van der Waals surface area (Å²) in [6.07, 6.45) is 10.3. The zero-order chi connectivity index (χ0) is 13.2. The van der Waals surface area contributed by atoms with Crippen LogP contribution in [0.1, 0.15) is 58.8 Å². The van der Waals surface area contributed by atoms with Gasteiger partial charge in [-0.1, -0.05) is 6.92 Å². The first kappa shape index (κ1) is 13.8. The fourth-order valence-electron chi connectivity index (χ4n) is 4.32. The van der Waals surface area contributed by atoms with E-state index in [1.807, 2.05) is 0 Å². The summed E-state index contributed by atoms with van der Waals surface area (Å²) in [4.78, 5) is 2.74. The Labute approximate surface area is 118 Å². The molecule has 3 heterocycles. The van der Waals surface area contributed by atoms with E-state index in [0.29, 0.717) is 12.2 Å². The fraction of sp³-hybridized carbons (Fsp3) is 1.00. The molecule has 3 rings (SSSR count). The van der Waals surface area contributed by atoms with Gasteiger partial charge in [0.05, 0.1) is 12.2 Å². The quantitative estimate of drug-likeness (QED) is 0.827. The molecule has 3 aliphatic heterocycles. The van der Waals surface area contributed by atoms with Gasteiger partial charge in [-0.05, 0) is 58.4 Å². The lowest BCUT2D eigenvalue weighted by Gasteiger charge is -2.38. The minimum absolute atomic E-state index is 0.484. The Morgan fingerprint density at radius 2 is 1.84 bits per heavy atom. The topological polar surface area (TPSA) is 24.5 Å². The first-order chi connectivity index (χ1) is 9.24. The molecule has 0 aromatic carbocycles. The van der Waals surface area contributed by atoms with E-state index in [1.54, 1.807) is 0 Å². The molecule has 0 aliphatic carbocycles. The summed E-state index contributed by atoms with van der Waals surface area (Å²) >= 11 is 0. The number of nitrogens with one attached hydrogen (secondary N) is 1. The van der Waals surface area contributed by atoms with Crippen molar-refractivity contribution >= 4 is 0 Å². The molecular weight excluding hydrogens is 236 g/mol. The molecule has 0 radical (unpaired) electrons. The molecule has 0 spiro atoms. The van der Waals surface area contributed by atoms with Crippen molar-refractivity contribution in [2.24, 2.45) is 0 Å². The number of rotatable bonds is 5. The molecule has 3 saturated heterocycles. The number of hydrogen-bond donors (Lipinski definition) is 1. The van der Waals surface area contributed by atoms with Crippen LogP contribution in [0.25, 0.3) is 0 Å². The largest absolute Gasteiger partial charge is 0.374 e. The van der Waals surface area contributed by atoms with Gasteiger partial charge in [0, 0.05) is 24.7 Å². The third-order valence-electron chi connectivity index (χ3n) is 5.23. The zero-order valence-electron chi connectivity index (χ0n) is 12.6. The van der Waals surface area contributed by atoms with E-state index in [1.165, 1.54) is 58.0 Å². The Balaban J connectivity index is 1.57. The lowest BCUT2D eigenvalue weighted by molar-refractivity contribution is 0.0146. The summed E-state index contributed by atoms with van der Waals surface area (Å²) < 4.78 is 6.04. The predicted octanol–water partition coefficient (Wildman–Crippen LogP) is 2.55. The first-order valence-electron chi connectivity index (χ1n) is 8.40. The van der Waals surface area contributed by atoms with Crippen LogP contribution in [0, 0.1) is 0 Å². The van der Waals surface area contributed by atoms with Crippen LogP contribution < -0.4 is 5.32 Å². The molecule has 0 aromatic heterocycles. The van der Waals surface area contributed by atoms with Crippen molar-refractivity contribution < 1.29 is 4.74 Å². The predicted molar refractivity (Wildman–Crippen MR) is 78.4 cm³/mol. The third kappa shape index (κ3) is 3.32. The van der Waals surface area contributed by atoms with Crippen molar-refractivity contribution in [3.05, 3.63) is 0 Å². The summed E-state index contributed by atoms with van der Waals surface area (Å²) in [6.45, 7) is 6.94. The second-order valence-corrected chi connectivity index (χ2v) is 6.90. The highest BCUT2D eigenvalue weighted by molar-refractivity contribution is 4.96. The lowest BCUT2D eigenvalue weighted by Crippen LogP contribution is -2.50. The van der Waals surface area contributed by atoms with Gasteiger partial charge < -0.3 is 10.1 Å². The highest BCUT2D eigenvalue weighted by Gasteiger charge is 2.37. The van der Waals surface area contributed by atoms with E-state index < -0.39 is 0 Å². The lowest BCUT2D eigenvalue weighted by atomic mass is 9.97. The van der Waals surface area contributed by atoms with Crippen LogP contribution in [0.2, 0.25) is 0 Å². The summed E-state index contributed by atoms with van der Waals surface area (Å²) in [6, 6.07) is 2.40. The third-order valence-corrected chi connectivity index (χ3v) is 5.23. The molecule has 0 saturated carbocycles. The van der Waals surface area contributed by atoms with Crippen molar-refractivity contribution in [1.29, 1.82) is 0 Å². The van der Waals surface area contributed by atoms with Gasteiger partial charge in [-0.3, -0.25) is 4.90 Å². The fourth-order valence-corrected chi connectivity index (χ4v) is 4.32. The highest BCUT2D eigenvalue weighted by Crippen LogP contribution is 2.31. The molecule has 19 heavy (non-hydrogen) atoms. The molecule has 1 N–H and O–H groups in total. The maximum absolute atomic E-state index is 6.04. The van der Waals surface area contributed by atoms with Gasteiger partial charge in [0.2, 0.25) is 0 Å². The Bertz CT molecular complexity index is 284. The molecule has 0 amide bonds. The Hall–Kier alpha value is -0.120. The SMILES string of the molecule is CCCN(CC1CCC(C)O1)C1CC2CCC(C1)N2. The van der Waals surface area contributed by atoms with Crippen molar-refractivity contribution in [2.45, 2.75) is 89.1 Å². The molecule has 2 bridgehead atoms. The molecule has 3 nitrogen and oxygen atoms in total. The van der Waals surface area contributed by atoms with Crippen molar-refractivity contribution in [3.8, 4) is 0 Å². The van der Waals surface area contributed by atoms with Crippen molar-refractivity contribution in [1.82, 2.24) is 10.2 Å². The monoisotopic (exact) mass is 266 g/mol. The molecule has 4 atom stereocenters. The van der Waals surface area contributed by atoms with E-state index in [2.05, 4.69) is 24.1 Å². The Morgan fingerprint density at radius 3 is 2.42 bits per heavy atom. The number of hydrogen-bond acceptors (Lipinski definition) is 3. The normalized spacial score (nSPS) is 42.2. The average molecular weight is 266 g/mol. The van der Waals surface area contributed by atoms with E-state index in [0.717, 1.165) is 18.1 Å². The second-order valence-electron chi connectivity index (χ2n) is 6.90. The Morgan fingerprint density at radius 1 is 1.11 bits per heavy atom. The zero-order valence-corrected chi connectivity index (χ0v) is 12.6. The number of piperidine rings is 1. The van der Waals surface area contributed by atoms with Gasteiger partial charge in [-0.15, -0.1) is 0 Å². The summed E-state index contributed by atoms with van der Waals surface area (Å²) in [5, 5.41) is 3.76. The van der Waals surface area contributed by atoms with E-state index in [4.69, 9.17) is 4.74 Å². The highest BCUT2D eigenvalue weighted by atomic mass is 16.5. The second kappa shape index (κ2) is 6.11. The maximum Gasteiger partial charge on any atom is 0.0706 e. The van der Waals surface area contributed by atoms with Crippen LogP contribution in [0.3, 0.4) is 0 Å². The van der Waals surface area contributed by atoms with Gasteiger partial charge in [0.1, 0.15) is 0 Å². The van der Waals surface area contributed by atoms with Crippen LogP contribution in [-0.2, 0) is 4.74 Å². The van der Waals surface area contributed by atoms with Crippen LogP contribution >= 0.6 is 0 Å². The summed E-state index contributed by atoms with van der Waals surface area (Å²) in [5.41, 5.74) is 0. The smallest absolute Gasteiger partial charge is 0.0706 e. The standard InChI is InChI=1S/C16H30N2O/c1-3-8-18(11-16-7-4-12(2)19-16)15-9-13-5-6-14(10-15)17-13/h12-17H,3-11H2,1-2H3. The van der Waals surface area contributed by atoms with Crippen molar-refractivity contribution in [3.63, 3.8) is 0 Å². The summed E-state index contributed by atoms with van der Waals surface area (Å²) in [7, 11) is 0. The molecular formula is C16H30N2O. The maximum atomic E-state index is 6.04. The van der Waals surface area contributed by atoms with E-state index >= 15 is 0 Å². The van der Waals surface area contributed by atoms with E-state index in [9.17, 15) is 0 Å². The Kier molecular flexibility index (Phi) is 4.45. The van der Waals surface area contributed by atoms with Crippen molar-refractivity contribution in [2.75, 3.05) is 13.1 Å². The average Bonchev–Trinajstić information content (AvgIpc) is 2.95. The van der Waals surface area contributed by atoms with Gasteiger partial charge in [-0.25, -0.2) is 0 Å². The van der Waals surface area contributed by atoms with Gasteiger partial charge in [0.15, 0.2) is 0 Å². The van der Waals surface area contributed by atoms with Gasteiger partial charge in [-0.2, -0.15) is 0 Å². The molecule has 110 valence electrons. The van der Waals surface area contributed by atoms with Crippen LogP contribution in [0.4, 0.5) is 0 Å². The molecule has 4 unspecified atom stereocenters. The molecule has 3 fully saturated rings. The number of ether oxygens (including phenoxy) is 1. The first-order valence-corrected chi connectivity index (χ1v) is 8.40. The molecule has 3 heteroatoms. The van der Waals surface area contributed by atoms with Crippen LogP contribution in [0.5, 0.6) is 0 Å². The van der Waals surface area contributed by atoms with Gasteiger partial charge in [0.25, 0.3) is 0 Å². The van der Waals surface area contributed by atoms with Crippen LogP contribution in [0.15, 0.2) is 0 Å². The minimum atomic E-state index is 0.484. The number of fused-ring (bicyclic) bond motifs is 2. The van der Waals surface area contributed by atoms with Crippen LogP contribution in [-0.4, -0.2) is 48.3 Å². The minimum Gasteiger partial charge on any atom is -0.374 e. The summed E-state index contributed by atoms with van der Waals surface area (Å²) in [5.74, 6) is 0. The molecule has 3 aliphatic rings. The van der Waals surface area contributed by atoms with E-state index in [-0.39, 0.29) is 0 Å². The van der Waals surface area contributed by atoms with Gasteiger partial charge >= 0.3 is 0 Å². The number of nitrogens with zero attached hydrogens (tertiary/aromatic N) is 1.